The molecule has 1 aromatic rings. The average molecular weight is 273 g/mol. The molecule has 2 N–H and O–H groups in total. The lowest BCUT2D eigenvalue weighted by Crippen LogP contribution is -2.26. The van der Waals surface area contributed by atoms with Crippen LogP contribution >= 0.6 is 15.9 Å². The van der Waals surface area contributed by atoms with Crippen LogP contribution in [-0.4, -0.2) is 35.1 Å². The molecule has 82 valence electrons. The maximum absolute atomic E-state index is 9.06. The highest BCUT2D eigenvalue weighted by Gasteiger charge is 2.55. The Balaban J connectivity index is 1.97. The van der Waals surface area contributed by atoms with E-state index in [1.165, 1.54) is 0 Å². The third-order valence-corrected chi connectivity index (χ3v) is 3.30. The zero-order valence-electron chi connectivity index (χ0n) is 8.19. The van der Waals surface area contributed by atoms with Crippen molar-refractivity contribution in [1.82, 2.24) is 0 Å². The first kappa shape index (κ1) is 11.1. The summed E-state index contributed by atoms with van der Waals surface area (Å²) in [5, 5.41) is 18.1. The summed E-state index contributed by atoms with van der Waals surface area (Å²) in [6.07, 6.45) is 0.669. The molecule has 4 heteroatoms. The first-order valence-corrected chi connectivity index (χ1v) is 5.63. The van der Waals surface area contributed by atoms with Crippen LogP contribution in [0.15, 0.2) is 28.7 Å². The summed E-state index contributed by atoms with van der Waals surface area (Å²) in [6.45, 7) is -0.241. The largest absolute Gasteiger partial charge is 0.393 e. The standard InChI is InChI=1S/C11H13BrO3/c12-9-3-1-8(2-4-9)5-10-11(6-13,7-14)15-10/h1-4,10,13-14H,5-7H2. The van der Waals surface area contributed by atoms with Crippen LogP contribution in [0.1, 0.15) is 5.56 Å². The van der Waals surface area contributed by atoms with E-state index in [4.69, 9.17) is 14.9 Å². The molecule has 0 amide bonds. The summed E-state index contributed by atoms with van der Waals surface area (Å²) in [7, 11) is 0. The Labute approximate surface area is 96.8 Å². The highest BCUT2D eigenvalue weighted by atomic mass is 79.9. The van der Waals surface area contributed by atoms with Crippen molar-refractivity contribution in [1.29, 1.82) is 0 Å². The molecule has 2 rings (SSSR count). The third kappa shape index (κ3) is 2.23. The van der Waals surface area contributed by atoms with Gasteiger partial charge in [0.2, 0.25) is 0 Å². The van der Waals surface area contributed by atoms with Gasteiger partial charge in [0.25, 0.3) is 0 Å². The number of aliphatic hydroxyl groups excluding tert-OH is 2. The van der Waals surface area contributed by atoms with Crippen LogP contribution < -0.4 is 0 Å². The summed E-state index contributed by atoms with van der Waals surface area (Å²) in [5.74, 6) is 0. The molecular weight excluding hydrogens is 260 g/mol. The summed E-state index contributed by atoms with van der Waals surface area (Å²) in [5.41, 5.74) is 0.444. The van der Waals surface area contributed by atoms with Gasteiger partial charge < -0.3 is 14.9 Å². The molecule has 1 unspecified atom stereocenters. The summed E-state index contributed by atoms with van der Waals surface area (Å²) in [4.78, 5) is 0. The Kier molecular flexibility index (Phi) is 3.11. The van der Waals surface area contributed by atoms with Gasteiger partial charge in [-0.15, -0.1) is 0 Å². The van der Waals surface area contributed by atoms with E-state index < -0.39 is 5.60 Å². The number of aliphatic hydroxyl groups is 2. The average Bonchev–Trinajstić information content (AvgIpc) is 2.96. The molecule has 1 aliphatic heterocycles. The topological polar surface area (TPSA) is 53.0 Å². The van der Waals surface area contributed by atoms with E-state index >= 15 is 0 Å². The second-order valence-corrected chi connectivity index (χ2v) is 4.73. The minimum atomic E-state index is -0.701. The van der Waals surface area contributed by atoms with Crippen LogP contribution in [0.5, 0.6) is 0 Å². The highest BCUT2D eigenvalue weighted by molar-refractivity contribution is 9.10. The number of hydrogen-bond acceptors (Lipinski definition) is 3. The predicted molar refractivity (Wildman–Crippen MR) is 59.6 cm³/mol. The summed E-state index contributed by atoms with van der Waals surface area (Å²) in [6, 6.07) is 7.95. The van der Waals surface area contributed by atoms with Crippen LogP contribution in [0, 0.1) is 0 Å². The summed E-state index contributed by atoms with van der Waals surface area (Å²) < 4.78 is 6.37. The lowest BCUT2D eigenvalue weighted by Gasteiger charge is -2.04. The SMILES string of the molecule is OCC1(CO)OC1Cc1ccc(Br)cc1. The molecule has 0 aliphatic carbocycles. The van der Waals surface area contributed by atoms with E-state index in [2.05, 4.69) is 15.9 Å². The molecule has 1 saturated heterocycles. The molecular formula is C11H13BrO3. The zero-order valence-corrected chi connectivity index (χ0v) is 9.77. The van der Waals surface area contributed by atoms with Gasteiger partial charge in [0.05, 0.1) is 19.3 Å². The number of rotatable bonds is 4. The zero-order chi connectivity index (χ0) is 10.9. The highest BCUT2D eigenvalue weighted by Crippen LogP contribution is 2.37. The van der Waals surface area contributed by atoms with Gasteiger partial charge in [-0.25, -0.2) is 0 Å². The normalized spacial score (nSPS) is 22.7. The van der Waals surface area contributed by atoms with Crippen molar-refractivity contribution in [3.8, 4) is 0 Å². The van der Waals surface area contributed by atoms with Crippen LogP contribution in [0.4, 0.5) is 0 Å². The fourth-order valence-electron chi connectivity index (χ4n) is 1.64. The second-order valence-electron chi connectivity index (χ2n) is 3.82. The number of hydrogen-bond donors (Lipinski definition) is 2. The lowest BCUT2D eigenvalue weighted by molar-refractivity contribution is 0.108. The molecule has 15 heavy (non-hydrogen) atoms. The van der Waals surface area contributed by atoms with Gasteiger partial charge in [-0.2, -0.15) is 0 Å². The Hall–Kier alpha value is -0.420. The lowest BCUT2D eigenvalue weighted by atomic mass is 10.0. The van der Waals surface area contributed by atoms with Gasteiger partial charge in [0.1, 0.15) is 5.60 Å². The van der Waals surface area contributed by atoms with E-state index in [1.54, 1.807) is 0 Å². The molecule has 0 bridgehead atoms. The maximum Gasteiger partial charge on any atom is 0.141 e. The van der Waals surface area contributed by atoms with Crippen molar-refractivity contribution in [2.45, 2.75) is 18.1 Å². The number of ether oxygens (including phenoxy) is 1. The van der Waals surface area contributed by atoms with Crippen LogP contribution in [0.2, 0.25) is 0 Å². The van der Waals surface area contributed by atoms with Crippen LogP contribution in [0.3, 0.4) is 0 Å². The first-order chi connectivity index (χ1) is 7.20. The van der Waals surface area contributed by atoms with Gasteiger partial charge in [0.15, 0.2) is 0 Å². The predicted octanol–water partition coefficient (Wildman–Crippen LogP) is 1.11. The fourth-order valence-corrected chi connectivity index (χ4v) is 1.90. The van der Waals surface area contributed by atoms with Crippen LogP contribution in [0.25, 0.3) is 0 Å². The van der Waals surface area contributed by atoms with Crippen molar-refractivity contribution >= 4 is 15.9 Å². The number of halogens is 1. The van der Waals surface area contributed by atoms with Crippen molar-refractivity contribution in [2.75, 3.05) is 13.2 Å². The molecule has 1 atom stereocenters. The van der Waals surface area contributed by atoms with Crippen LogP contribution in [-0.2, 0) is 11.2 Å². The minimum Gasteiger partial charge on any atom is -0.393 e. The Morgan fingerprint density at radius 2 is 1.80 bits per heavy atom. The summed E-state index contributed by atoms with van der Waals surface area (Å²) >= 11 is 3.37. The smallest absolute Gasteiger partial charge is 0.141 e. The Morgan fingerprint density at radius 1 is 1.20 bits per heavy atom. The van der Waals surface area contributed by atoms with Gasteiger partial charge in [-0.05, 0) is 17.7 Å². The van der Waals surface area contributed by atoms with Crippen molar-refractivity contribution in [3.05, 3.63) is 34.3 Å². The Morgan fingerprint density at radius 3 is 2.27 bits per heavy atom. The number of benzene rings is 1. The molecule has 0 aromatic heterocycles. The van der Waals surface area contributed by atoms with Gasteiger partial charge in [-0.3, -0.25) is 0 Å². The van der Waals surface area contributed by atoms with Gasteiger partial charge in [0, 0.05) is 10.9 Å². The second kappa shape index (κ2) is 4.22. The molecule has 1 aromatic carbocycles. The van der Waals surface area contributed by atoms with E-state index in [0.29, 0.717) is 0 Å². The van der Waals surface area contributed by atoms with E-state index in [9.17, 15) is 0 Å². The fraction of sp³-hybridized carbons (Fsp3) is 0.455. The monoisotopic (exact) mass is 272 g/mol. The molecule has 1 fully saturated rings. The third-order valence-electron chi connectivity index (χ3n) is 2.78. The molecule has 1 heterocycles. The van der Waals surface area contributed by atoms with Crippen molar-refractivity contribution < 1.29 is 14.9 Å². The molecule has 1 aliphatic rings. The molecule has 0 spiro atoms. The van der Waals surface area contributed by atoms with E-state index in [1.807, 2.05) is 24.3 Å². The van der Waals surface area contributed by atoms with Crippen molar-refractivity contribution in [3.63, 3.8) is 0 Å². The van der Waals surface area contributed by atoms with Crippen molar-refractivity contribution in [2.24, 2.45) is 0 Å². The number of epoxide rings is 1. The van der Waals surface area contributed by atoms with E-state index in [-0.39, 0.29) is 19.3 Å². The maximum atomic E-state index is 9.06. The van der Waals surface area contributed by atoms with Gasteiger partial charge >= 0.3 is 0 Å². The molecule has 0 saturated carbocycles. The van der Waals surface area contributed by atoms with E-state index in [0.717, 1.165) is 16.5 Å². The molecule has 0 radical (unpaired) electrons. The van der Waals surface area contributed by atoms with Gasteiger partial charge in [-0.1, -0.05) is 28.1 Å². The minimum absolute atomic E-state index is 0.0614. The Bertz CT molecular complexity index is 332. The first-order valence-electron chi connectivity index (χ1n) is 4.84. The quantitative estimate of drug-likeness (QED) is 0.808. The molecule has 3 nitrogen and oxygen atoms in total.